The molecule has 0 aliphatic carbocycles. The summed E-state index contributed by atoms with van der Waals surface area (Å²) >= 11 is 6.40. The Balaban J connectivity index is 2.39. The van der Waals surface area contributed by atoms with Gasteiger partial charge in [0.2, 0.25) is 5.91 Å². The van der Waals surface area contributed by atoms with Crippen LogP contribution in [0.4, 0.5) is 5.69 Å². The maximum absolute atomic E-state index is 11.4. The lowest BCUT2D eigenvalue weighted by molar-refractivity contribution is -0.115. The highest BCUT2D eigenvalue weighted by Crippen LogP contribution is 2.36. The van der Waals surface area contributed by atoms with E-state index in [9.17, 15) is 4.79 Å². The molecule has 0 radical (unpaired) electrons. The van der Waals surface area contributed by atoms with Crippen LogP contribution >= 0.6 is 11.6 Å². The topological polar surface area (TPSA) is 41.1 Å². The Kier molecular flexibility index (Phi) is 4.48. The van der Waals surface area contributed by atoms with E-state index in [1.165, 1.54) is 0 Å². The van der Waals surface area contributed by atoms with Crippen LogP contribution in [0.15, 0.2) is 12.1 Å². The lowest BCUT2D eigenvalue weighted by atomic mass is 9.88. The SMILES string of the molecule is CCC(CC)C(NC)c1cc2c(cc1Cl)NC(=O)C2. The maximum atomic E-state index is 11.4. The number of fused-ring (bicyclic) bond motifs is 1. The zero-order valence-electron chi connectivity index (χ0n) is 11.7. The minimum absolute atomic E-state index is 0.0479. The summed E-state index contributed by atoms with van der Waals surface area (Å²) in [4.78, 5) is 11.4. The van der Waals surface area contributed by atoms with Crippen molar-refractivity contribution in [3.63, 3.8) is 0 Å². The molecule has 1 heterocycles. The van der Waals surface area contributed by atoms with E-state index in [4.69, 9.17) is 11.6 Å². The average molecular weight is 281 g/mol. The van der Waals surface area contributed by atoms with Gasteiger partial charge in [-0.25, -0.2) is 0 Å². The van der Waals surface area contributed by atoms with Crippen LogP contribution < -0.4 is 10.6 Å². The fraction of sp³-hybridized carbons (Fsp3) is 0.533. The molecule has 1 aromatic rings. The van der Waals surface area contributed by atoms with Crippen LogP contribution in [0.3, 0.4) is 0 Å². The van der Waals surface area contributed by atoms with Crippen molar-refractivity contribution >= 4 is 23.2 Å². The summed E-state index contributed by atoms with van der Waals surface area (Å²) in [5.41, 5.74) is 3.02. The molecule has 2 rings (SSSR count). The number of anilines is 1. The summed E-state index contributed by atoms with van der Waals surface area (Å²) in [6.45, 7) is 4.40. The van der Waals surface area contributed by atoms with E-state index in [1.54, 1.807) is 0 Å². The number of carbonyl (C=O) groups excluding carboxylic acids is 1. The van der Waals surface area contributed by atoms with Crippen LogP contribution in [0.25, 0.3) is 0 Å². The van der Waals surface area contributed by atoms with Crippen molar-refractivity contribution < 1.29 is 4.79 Å². The number of amides is 1. The Morgan fingerprint density at radius 2 is 2.05 bits per heavy atom. The van der Waals surface area contributed by atoms with Crippen molar-refractivity contribution in [3.8, 4) is 0 Å². The summed E-state index contributed by atoms with van der Waals surface area (Å²) in [5.74, 6) is 0.595. The molecule has 0 bridgehead atoms. The first-order valence-corrected chi connectivity index (χ1v) is 7.27. The minimum Gasteiger partial charge on any atom is -0.325 e. The largest absolute Gasteiger partial charge is 0.325 e. The van der Waals surface area contributed by atoms with Crippen LogP contribution in [-0.2, 0) is 11.2 Å². The van der Waals surface area contributed by atoms with Crippen molar-refractivity contribution in [1.29, 1.82) is 0 Å². The molecule has 1 aliphatic rings. The van der Waals surface area contributed by atoms with Gasteiger partial charge in [-0.1, -0.05) is 44.4 Å². The zero-order valence-corrected chi connectivity index (χ0v) is 12.5. The molecular weight excluding hydrogens is 260 g/mol. The van der Waals surface area contributed by atoms with E-state index < -0.39 is 0 Å². The van der Waals surface area contributed by atoms with Crippen LogP contribution in [0, 0.1) is 5.92 Å². The van der Waals surface area contributed by atoms with Crippen LogP contribution in [0.1, 0.15) is 43.9 Å². The van der Waals surface area contributed by atoms with Gasteiger partial charge in [0.05, 0.1) is 6.42 Å². The molecule has 4 heteroatoms. The normalized spacial score (nSPS) is 15.5. The Morgan fingerprint density at radius 3 is 2.63 bits per heavy atom. The molecule has 1 atom stereocenters. The smallest absolute Gasteiger partial charge is 0.228 e. The lowest BCUT2D eigenvalue weighted by Gasteiger charge is -2.26. The van der Waals surface area contributed by atoms with Crippen LogP contribution in [-0.4, -0.2) is 13.0 Å². The fourth-order valence-electron chi connectivity index (χ4n) is 2.91. The van der Waals surface area contributed by atoms with Crippen LogP contribution in [0.2, 0.25) is 5.02 Å². The Labute approximate surface area is 119 Å². The van der Waals surface area contributed by atoms with Gasteiger partial charge in [-0.15, -0.1) is 0 Å². The highest BCUT2D eigenvalue weighted by molar-refractivity contribution is 6.32. The summed E-state index contributed by atoms with van der Waals surface area (Å²) in [7, 11) is 1.97. The second-order valence-electron chi connectivity index (χ2n) is 5.10. The quantitative estimate of drug-likeness (QED) is 0.866. The molecule has 1 unspecified atom stereocenters. The molecule has 104 valence electrons. The molecule has 1 amide bonds. The highest BCUT2D eigenvalue weighted by atomic mass is 35.5. The first kappa shape index (κ1) is 14.4. The van der Waals surface area contributed by atoms with Crippen LogP contribution in [0.5, 0.6) is 0 Å². The summed E-state index contributed by atoms with van der Waals surface area (Å²) in [5, 5.41) is 6.94. The van der Waals surface area contributed by atoms with Crippen molar-refractivity contribution in [2.24, 2.45) is 5.92 Å². The molecule has 19 heavy (non-hydrogen) atoms. The number of halogens is 1. The molecule has 0 fully saturated rings. The molecule has 0 aromatic heterocycles. The number of carbonyl (C=O) groups is 1. The third kappa shape index (κ3) is 2.77. The van der Waals surface area contributed by atoms with Gasteiger partial charge in [-0.3, -0.25) is 4.79 Å². The second-order valence-corrected chi connectivity index (χ2v) is 5.51. The Morgan fingerprint density at radius 1 is 1.37 bits per heavy atom. The molecule has 2 N–H and O–H groups in total. The van der Waals surface area contributed by atoms with E-state index in [1.807, 2.05) is 13.1 Å². The highest BCUT2D eigenvalue weighted by Gasteiger charge is 2.25. The van der Waals surface area contributed by atoms with Crippen molar-refractivity contribution in [3.05, 3.63) is 28.3 Å². The van der Waals surface area contributed by atoms with E-state index in [0.29, 0.717) is 12.3 Å². The summed E-state index contributed by atoms with van der Waals surface area (Å²) < 4.78 is 0. The molecule has 0 saturated carbocycles. The van der Waals surface area contributed by atoms with Gasteiger partial charge < -0.3 is 10.6 Å². The average Bonchev–Trinajstić information content (AvgIpc) is 2.74. The minimum atomic E-state index is 0.0479. The summed E-state index contributed by atoms with van der Waals surface area (Å²) in [6, 6.07) is 4.20. The van der Waals surface area contributed by atoms with Gasteiger partial charge in [0.25, 0.3) is 0 Å². The van der Waals surface area contributed by atoms with E-state index in [2.05, 4.69) is 30.5 Å². The maximum Gasteiger partial charge on any atom is 0.228 e. The predicted molar refractivity (Wildman–Crippen MR) is 79.7 cm³/mol. The standard InChI is InChI=1S/C15H21ClN2O/c1-4-9(5-2)15(17-3)11-6-10-7-14(19)18-13(10)8-12(11)16/h6,8-9,15,17H,4-5,7H2,1-3H3,(H,18,19). The van der Waals surface area contributed by atoms with Gasteiger partial charge in [0.15, 0.2) is 0 Å². The van der Waals surface area contributed by atoms with E-state index in [-0.39, 0.29) is 11.9 Å². The van der Waals surface area contributed by atoms with E-state index in [0.717, 1.165) is 34.7 Å². The lowest BCUT2D eigenvalue weighted by Crippen LogP contribution is -2.25. The third-order valence-corrected chi connectivity index (χ3v) is 4.34. The first-order chi connectivity index (χ1) is 9.10. The Bertz CT molecular complexity index is 483. The van der Waals surface area contributed by atoms with Crippen molar-refractivity contribution in [2.45, 2.75) is 39.2 Å². The number of nitrogens with one attached hydrogen (secondary N) is 2. The molecule has 0 saturated heterocycles. The van der Waals surface area contributed by atoms with Gasteiger partial charge in [0.1, 0.15) is 0 Å². The third-order valence-electron chi connectivity index (χ3n) is 4.01. The number of hydrogen-bond donors (Lipinski definition) is 2. The molecule has 1 aromatic carbocycles. The molecule has 0 spiro atoms. The summed E-state index contributed by atoms with van der Waals surface area (Å²) in [6.07, 6.45) is 2.66. The predicted octanol–water partition coefficient (Wildman–Crippen LogP) is 3.53. The van der Waals surface area contributed by atoms with Gasteiger partial charge in [0, 0.05) is 16.8 Å². The fourth-order valence-corrected chi connectivity index (χ4v) is 3.19. The van der Waals surface area contributed by atoms with Crippen molar-refractivity contribution in [2.75, 3.05) is 12.4 Å². The van der Waals surface area contributed by atoms with Gasteiger partial charge in [-0.2, -0.15) is 0 Å². The Hall–Kier alpha value is -1.06. The van der Waals surface area contributed by atoms with E-state index >= 15 is 0 Å². The van der Waals surface area contributed by atoms with Gasteiger partial charge in [-0.05, 0) is 30.2 Å². The number of hydrogen-bond acceptors (Lipinski definition) is 2. The monoisotopic (exact) mass is 280 g/mol. The molecular formula is C15H21ClN2O. The second kappa shape index (κ2) is 5.93. The number of rotatable bonds is 5. The van der Waals surface area contributed by atoms with Gasteiger partial charge >= 0.3 is 0 Å². The first-order valence-electron chi connectivity index (χ1n) is 6.90. The van der Waals surface area contributed by atoms with Crippen molar-refractivity contribution in [1.82, 2.24) is 5.32 Å². The molecule has 1 aliphatic heterocycles. The molecule has 3 nitrogen and oxygen atoms in total. The number of benzene rings is 1. The zero-order chi connectivity index (χ0) is 14.0.